The summed E-state index contributed by atoms with van der Waals surface area (Å²) in [6, 6.07) is 14.0. The Bertz CT molecular complexity index is 459. The summed E-state index contributed by atoms with van der Waals surface area (Å²) in [5, 5.41) is 0.852. The van der Waals surface area contributed by atoms with Gasteiger partial charge in [0.05, 0.1) is 6.61 Å². The van der Waals surface area contributed by atoms with E-state index >= 15 is 0 Å². The molecule has 0 aliphatic rings. The van der Waals surface area contributed by atoms with Gasteiger partial charge in [0, 0.05) is 23.6 Å². The van der Waals surface area contributed by atoms with Crippen molar-refractivity contribution >= 4 is 15.9 Å². The Hall–Kier alpha value is -1.35. The summed E-state index contributed by atoms with van der Waals surface area (Å²) >= 11 is 3.43. The van der Waals surface area contributed by atoms with Crippen LogP contribution in [0.15, 0.2) is 48.7 Å². The third-order valence-electron chi connectivity index (χ3n) is 2.41. The minimum atomic E-state index is 0.656. The molecule has 0 amide bonds. The SMILES string of the molecule is BrCc1cccc(OCCc2ccccn2)c1. The number of aromatic nitrogens is 1. The van der Waals surface area contributed by atoms with Gasteiger partial charge >= 0.3 is 0 Å². The molecule has 0 radical (unpaired) electrons. The van der Waals surface area contributed by atoms with Crippen molar-refractivity contribution in [3.05, 3.63) is 59.9 Å². The van der Waals surface area contributed by atoms with Crippen molar-refractivity contribution in [2.75, 3.05) is 6.61 Å². The Morgan fingerprint density at radius 3 is 2.82 bits per heavy atom. The van der Waals surface area contributed by atoms with Gasteiger partial charge in [0.25, 0.3) is 0 Å². The molecule has 88 valence electrons. The van der Waals surface area contributed by atoms with Gasteiger partial charge in [-0.3, -0.25) is 4.98 Å². The fourth-order valence-corrected chi connectivity index (χ4v) is 1.89. The topological polar surface area (TPSA) is 22.1 Å². The molecule has 0 atom stereocenters. The van der Waals surface area contributed by atoms with E-state index in [1.165, 1.54) is 5.56 Å². The predicted octanol–water partition coefficient (Wildman–Crippen LogP) is 3.60. The van der Waals surface area contributed by atoms with Crippen LogP contribution < -0.4 is 4.74 Å². The van der Waals surface area contributed by atoms with Crippen LogP contribution in [-0.2, 0) is 11.8 Å². The number of pyridine rings is 1. The van der Waals surface area contributed by atoms with Gasteiger partial charge in [-0.05, 0) is 29.8 Å². The number of alkyl halides is 1. The van der Waals surface area contributed by atoms with Crippen LogP contribution >= 0.6 is 15.9 Å². The fourth-order valence-electron chi connectivity index (χ4n) is 1.54. The lowest BCUT2D eigenvalue weighted by molar-refractivity contribution is 0.320. The lowest BCUT2D eigenvalue weighted by Gasteiger charge is -2.06. The number of halogens is 1. The van der Waals surface area contributed by atoms with E-state index in [-0.39, 0.29) is 0 Å². The zero-order chi connectivity index (χ0) is 11.9. The molecule has 0 unspecified atom stereocenters. The molecule has 0 spiro atoms. The summed E-state index contributed by atoms with van der Waals surface area (Å²) in [5.41, 5.74) is 2.28. The van der Waals surface area contributed by atoms with Crippen LogP contribution in [-0.4, -0.2) is 11.6 Å². The van der Waals surface area contributed by atoms with Crippen molar-refractivity contribution in [3.8, 4) is 5.75 Å². The van der Waals surface area contributed by atoms with Crippen molar-refractivity contribution in [1.29, 1.82) is 0 Å². The van der Waals surface area contributed by atoms with Gasteiger partial charge in [0.1, 0.15) is 5.75 Å². The molecule has 0 aliphatic carbocycles. The van der Waals surface area contributed by atoms with E-state index < -0.39 is 0 Å². The van der Waals surface area contributed by atoms with Crippen LogP contribution in [0.3, 0.4) is 0 Å². The highest BCUT2D eigenvalue weighted by atomic mass is 79.9. The quantitative estimate of drug-likeness (QED) is 0.786. The van der Waals surface area contributed by atoms with E-state index in [0.29, 0.717) is 6.61 Å². The molecule has 2 nitrogen and oxygen atoms in total. The van der Waals surface area contributed by atoms with E-state index in [4.69, 9.17) is 4.74 Å². The zero-order valence-electron chi connectivity index (χ0n) is 9.47. The van der Waals surface area contributed by atoms with E-state index in [0.717, 1.165) is 23.2 Å². The highest BCUT2D eigenvalue weighted by Gasteiger charge is 1.97. The number of hydrogen-bond donors (Lipinski definition) is 0. The molecule has 1 heterocycles. The summed E-state index contributed by atoms with van der Waals surface area (Å²) in [6.45, 7) is 0.656. The monoisotopic (exact) mass is 291 g/mol. The number of benzene rings is 1. The lowest BCUT2D eigenvalue weighted by Crippen LogP contribution is -2.02. The molecule has 0 fully saturated rings. The largest absolute Gasteiger partial charge is 0.493 e. The van der Waals surface area contributed by atoms with Gasteiger partial charge in [-0.2, -0.15) is 0 Å². The van der Waals surface area contributed by atoms with Crippen LogP contribution in [0.25, 0.3) is 0 Å². The third kappa shape index (κ3) is 3.86. The number of nitrogens with zero attached hydrogens (tertiary/aromatic N) is 1. The average molecular weight is 292 g/mol. The maximum Gasteiger partial charge on any atom is 0.119 e. The van der Waals surface area contributed by atoms with Crippen LogP contribution in [0.5, 0.6) is 5.75 Å². The van der Waals surface area contributed by atoms with Crippen molar-refractivity contribution in [2.24, 2.45) is 0 Å². The van der Waals surface area contributed by atoms with Gasteiger partial charge in [0.15, 0.2) is 0 Å². The summed E-state index contributed by atoms with van der Waals surface area (Å²) in [4.78, 5) is 4.26. The lowest BCUT2D eigenvalue weighted by atomic mass is 10.2. The first-order valence-corrected chi connectivity index (χ1v) is 6.68. The van der Waals surface area contributed by atoms with Gasteiger partial charge < -0.3 is 4.74 Å². The van der Waals surface area contributed by atoms with Crippen LogP contribution in [0, 0.1) is 0 Å². The Labute approximate surface area is 110 Å². The highest BCUT2D eigenvalue weighted by Crippen LogP contribution is 2.15. The second-order valence-corrected chi connectivity index (χ2v) is 4.26. The number of rotatable bonds is 5. The number of ether oxygens (including phenoxy) is 1. The number of hydrogen-bond acceptors (Lipinski definition) is 2. The Balaban J connectivity index is 1.86. The maximum atomic E-state index is 5.69. The normalized spacial score (nSPS) is 10.2. The molecule has 0 saturated heterocycles. The van der Waals surface area contributed by atoms with E-state index in [9.17, 15) is 0 Å². The average Bonchev–Trinajstić information content (AvgIpc) is 2.40. The van der Waals surface area contributed by atoms with E-state index in [2.05, 4.69) is 27.0 Å². The molecule has 17 heavy (non-hydrogen) atoms. The first kappa shape index (κ1) is 12.1. The van der Waals surface area contributed by atoms with Crippen molar-refractivity contribution < 1.29 is 4.74 Å². The highest BCUT2D eigenvalue weighted by molar-refractivity contribution is 9.08. The Kier molecular flexibility index (Phi) is 4.56. The first-order valence-electron chi connectivity index (χ1n) is 5.56. The standard InChI is InChI=1S/C14H14BrNO/c15-11-12-4-3-6-14(10-12)17-9-7-13-5-1-2-8-16-13/h1-6,8,10H,7,9,11H2. The fraction of sp³-hybridized carbons (Fsp3) is 0.214. The molecule has 1 aromatic heterocycles. The molecule has 3 heteroatoms. The molecular formula is C14H14BrNO. The smallest absolute Gasteiger partial charge is 0.119 e. The van der Waals surface area contributed by atoms with Gasteiger partial charge in [-0.15, -0.1) is 0 Å². The minimum absolute atomic E-state index is 0.656. The van der Waals surface area contributed by atoms with Gasteiger partial charge in [-0.1, -0.05) is 34.1 Å². The minimum Gasteiger partial charge on any atom is -0.493 e. The second-order valence-electron chi connectivity index (χ2n) is 3.70. The zero-order valence-corrected chi connectivity index (χ0v) is 11.1. The van der Waals surface area contributed by atoms with Gasteiger partial charge in [0.2, 0.25) is 0 Å². The summed E-state index contributed by atoms with van der Waals surface area (Å²) in [5.74, 6) is 0.915. The maximum absolute atomic E-state index is 5.69. The molecule has 0 bridgehead atoms. The van der Waals surface area contributed by atoms with E-state index in [1.807, 2.05) is 36.4 Å². The van der Waals surface area contributed by atoms with Crippen molar-refractivity contribution in [1.82, 2.24) is 4.98 Å². The molecule has 1 aromatic carbocycles. The molecule has 2 aromatic rings. The first-order chi connectivity index (χ1) is 8.38. The van der Waals surface area contributed by atoms with Gasteiger partial charge in [-0.25, -0.2) is 0 Å². The van der Waals surface area contributed by atoms with E-state index in [1.54, 1.807) is 6.20 Å². The van der Waals surface area contributed by atoms with Crippen LogP contribution in [0.1, 0.15) is 11.3 Å². The Morgan fingerprint density at radius 1 is 1.12 bits per heavy atom. The molecule has 0 aliphatic heterocycles. The Morgan fingerprint density at radius 2 is 2.06 bits per heavy atom. The van der Waals surface area contributed by atoms with Crippen LogP contribution in [0.4, 0.5) is 0 Å². The summed E-state index contributed by atoms with van der Waals surface area (Å²) in [7, 11) is 0. The molecule has 2 rings (SSSR count). The van der Waals surface area contributed by atoms with Crippen LogP contribution in [0.2, 0.25) is 0 Å². The molecule has 0 N–H and O–H groups in total. The third-order valence-corrected chi connectivity index (χ3v) is 3.05. The van der Waals surface area contributed by atoms with Crippen molar-refractivity contribution in [3.63, 3.8) is 0 Å². The van der Waals surface area contributed by atoms with Crippen molar-refractivity contribution in [2.45, 2.75) is 11.8 Å². The second kappa shape index (κ2) is 6.40. The summed E-state index contributed by atoms with van der Waals surface area (Å²) in [6.07, 6.45) is 2.64. The predicted molar refractivity (Wildman–Crippen MR) is 72.5 cm³/mol. The molecular weight excluding hydrogens is 278 g/mol. The molecule has 0 saturated carbocycles. The summed E-state index contributed by atoms with van der Waals surface area (Å²) < 4.78 is 5.69.